The molecule has 0 aliphatic carbocycles. The third-order valence-electron chi connectivity index (χ3n) is 4.17. The van der Waals surface area contributed by atoms with Gasteiger partial charge in [0, 0.05) is 11.8 Å². The van der Waals surface area contributed by atoms with Crippen LogP contribution in [0, 0.1) is 5.92 Å². The van der Waals surface area contributed by atoms with Gasteiger partial charge in [0.05, 0.1) is 0 Å². The molecule has 0 aromatic heterocycles. The summed E-state index contributed by atoms with van der Waals surface area (Å²) in [5, 5.41) is 13.4. The van der Waals surface area contributed by atoms with Crippen LogP contribution in [0.25, 0.3) is 0 Å². The van der Waals surface area contributed by atoms with Gasteiger partial charge in [-0.3, -0.25) is 4.79 Å². The zero-order valence-electron chi connectivity index (χ0n) is 16.0. The fourth-order valence-electron chi connectivity index (χ4n) is 2.76. The number of benzene rings is 3. The first-order chi connectivity index (χ1) is 13.6. The van der Waals surface area contributed by atoms with Gasteiger partial charge in [0.2, 0.25) is 0 Å². The number of hydrogen-bond donors (Lipinski definition) is 1. The maximum absolute atomic E-state index is 10.1. The number of aliphatic carboxylic acids is 1. The van der Waals surface area contributed by atoms with Crippen molar-refractivity contribution in [1.82, 2.24) is 0 Å². The summed E-state index contributed by atoms with van der Waals surface area (Å²) in [6, 6.07) is 32.3. The smallest absolute Gasteiger partial charge is 0.303 e. The van der Waals surface area contributed by atoms with E-state index in [0.717, 1.165) is 11.8 Å². The van der Waals surface area contributed by atoms with Gasteiger partial charge in [-0.1, -0.05) is 114 Å². The van der Waals surface area contributed by atoms with E-state index in [2.05, 4.69) is 107 Å². The van der Waals surface area contributed by atoms with E-state index in [1.165, 1.54) is 15.9 Å². The average molecular weight is 457 g/mol. The highest BCUT2D eigenvalue weighted by atomic mass is 79.9. The van der Waals surface area contributed by atoms with Crippen molar-refractivity contribution in [2.45, 2.75) is 19.8 Å². The molecule has 0 aliphatic rings. The van der Waals surface area contributed by atoms with Gasteiger partial charge in [-0.25, -0.2) is 0 Å². The van der Waals surface area contributed by atoms with Crippen molar-refractivity contribution in [2.24, 2.45) is 5.92 Å². The van der Waals surface area contributed by atoms with E-state index < -0.39 is 13.9 Å². The second kappa shape index (κ2) is 12.5. The molecule has 2 nitrogen and oxygen atoms in total. The Labute approximate surface area is 177 Å². The Morgan fingerprint density at radius 1 is 0.821 bits per heavy atom. The van der Waals surface area contributed by atoms with Crippen LogP contribution < -0.4 is 15.9 Å². The summed E-state index contributed by atoms with van der Waals surface area (Å²) in [4.78, 5) is 10.1. The molecular formula is C24H26BrO2P. The van der Waals surface area contributed by atoms with Crippen LogP contribution in [0.1, 0.15) is 19.8 Å². The molecule has 3 rings (SSSR count). The Morgan fingerprint density at radius 2 is 1.18 bits per heavy atom. The molecule has 0 bridgehead atoms. The summed E-state index contributed by atoms with van der Waals surface area (Å²) in [7, 11) is -0.446. The highest BCUT2D eigenvalue weighted by molar-refractivity contribution is 9.09. The molecule has 0 radical (unpaired) electrons. The van der Waals surface area contributed by atoms with Crippen molar-refractivity contribution in [3.05, 3.63) is 91.0 Å². The van der Waals surface area contributed by atoms with Crippen LogP contribution in [0.5, 0.6) is 0 Å². The average Bonchev–Trinajstić information content (AvgIpc) is 2.71. The minimum atomic E-state index is -0.705. The fourth-order valence-corrected chi connectivity index (χ4v) is 5.85. The standard InChI is InChI=1S/C18H15P.C6H11BrO2/c1-4-10-16(11-5-1)19(17-12-6-2-7-13-17)18-14-8-3-9-15-18;1-5(2-3-7)4-6(8)9/h1-15H;5H,2-4H2,1H3,(H,8,9). The van der Waals surface area contributed by atoms with Crippen LogP contribution >= 0.6 is 23.9 Å². The molecule has 1 atom stereocenters. The van der Waals surface area contributed by atoms with E-state index in [9.17, 15) is 4.79 Å². The Kier molecular flexibility index (Phi) is 9.96. The molecule has 0 spiro atoms. The van der Waals surface area contributed by atoms with Crippen molar-refractivity contribution in [3.63, 3.8) is 0 Å². The van der Waals surface area contributed by atoms with Crippen molar-refractivity contribution < 1.29 is 9.90 Å². The molecule has 146 valence electrons. The zero-order valence-corrected chi connectivity index (χ0v) is 18.5. The molecule has 28 heavy (non-hydrogen) atoms. The highest BCUT2D eigenvalue weighted by Crippen LogP contribution is 2.32. The van der Waals surface area contributed by atoms with Gasteiger partial charge in [-0.2, -0.15) is 0 Å². The normalized spacial score (nSPS) is 11.4. The molecule has 0 saturated heterocycles. The molecule has 0 fully saturated rings. The maximum Gasteiger partial charge on any atom is 0.303 e. The Morgan fingerprint density at radius 3 is 1.46 bits per heavy atom. The van der Waals surface area contributed by atoms with Crippen molar-refractivity contribution in [1.29, 1.82) is 0 Å². The fraction of sp³-hybridized carbons (Fsp3) is 0.208. The summed E-state index contributed by atoms with van der Waals surface area (Å²) in [5.74, 6) is -0.412. The number of hydrogen-bond acceptors (Lipinski definition) is 1. The van der Waals surface area contributed by atoms with E-state index in [0.29, 0.717) is 5.92 Å². The van der Waals surface area contributed by atoms with Crippen molar-refractivity contribution >= 4 is 45.7 Å². The van der Waals surface area contributed by atoms with Gasteiger partial charge in [0.25, 0.3) is 0 Å². The summed E-state index contributed by atoms with van der Waals surface area (Å²) >= 11 is 3.25. The van der Waals surface area contributed by atoms with Gasteiger partial charge >= 0.3 is 5.97 Å². The quantitative estimate of drug-likeness (QED) is 0.385. The van der Waals surface area contributed by atoms with E-state index in [-0.39, 0.29) is 6.42 Å². The predicted molar refractivity (Wildman–Crippen MR) is 125 cm³/mol. The lowest BCUT2D eigenvalue weighted by Crippen LogP contribution is -2.20. The van der Waals surface area contributed by atoms with E-state index in [1.54, 1.807) is 0 Å². The van der Waals surface area contributed by atoms with Crippen LogP contribution in [0.3, 0.4) is 0 Å². The molecule has 1 N–H and O–H groups in total. The number of carboxylic acid groups (broad SMARTS) is 1. The number of alkyl halides is 1. The Bertz CT molecular complexity index is 716. The minimum absolute atomic E-state index is 0.283. The summed E-state index contributed by atoms with van der Waals surface area (Å²) in [6.07, 6.45) is 1.22. The third-order valence-corrected chi connectivity index (χ3v) is 7.07. The van der Waals surface area contributed by atoms with Gasteiger partial charge in [0.15, 0.2) is 0 Å². The van der Waals surface area contributed by atoms with Gasteiger partial charge in [-0.05, 0) is 36.2 Å². The predicted octanol–water partition coefficient (Wildman–Crippen LogP) is 5.33. The van der Waals surface area contributed by atoms with Crippen LogP contribution in [0.15, 0.2) is 91.0 Å². The molecule has 0 saturated carbocycles. The first kappa shape index (κ1) is 22.3. The number of halogens is 1. The Hall–Kier alpha value is -1.96. The third kappa shape index (κ3) is 7.58. The minimum Gasteiger partial charge on any atom is -0.481 e. The van der Waals surface area contributed by atoms with Crippen molar-refractivity contribution in [3.8, 4) is 0 Å². The Balaban J connectivity index is 0.000000266. The van der Waals surface area contributed by atoms with Crippen molar-refractivity contribution in [2.75, 3.05) is 5.33 Å². The number of rotatable bonds is 7. The molecule has 1 unspecified atom stereocenters. The second-order valence-corrected chi connectivity index (χ2v) is 9.54. The molecule has 4 heteroatoms. The maximum atomic E-state index is 10.1. The summed E-state index contributed by atoms with van der Waals surface area (Å²) < 4.78 is 0. The van der Waals surface area contributed by atoms with E-state index in [4.69, 9.17) is 5.11 Å². The van der Waals surface area contributed by atoms with E-state index >= 15 is 0 Å². The highest BCUT2D eigenvalue weighted by Gasteiger charge is 2.15. The molecule has 0 heterocycles. The van der Waals surface area contributed by atoms with Gasteiger partial charge < -0.3 is 5.11 Å². The van der Waals surface area contributed by atoms with E-state index in [1.807, 2.05) is 6.92 Å². The lowest BCUT2D eigenvalue weighted by molar-refractivity contribution is -0.137. The van der Waals surface area contributed by atoms with Crippen LogP contribution in [-0.4, -0.2) is 16.4 Å². The topological polar surface area (TPSA) is 37.3 Å². The first-order valence-corrected chi connectivity index (χ1v) is 11.8. The monoisotopic (exact) mass is 456 g/mol. The molecule has 0 amide bonds. The van der Waals surface area contributed by atoms with Crippen LogP contribution in [0.4, 0.5) is 0 Å². The SMILES string of the molecule is CC(CCBr)CC(=O)O.c1ccc(P(c2ccccc2)c2ccccc2)cc1. The van der Waals surface area contributed by atoms with Gasteiger partial charge in [0.1, 0.15) is 0 Å². The summed E-state index contributed by atoms with van der Waals surface area (Å²) in [5.41, 5.74) is 0. The number of carboxylic acids is 1. The largest absolute Gasteiger partial charge is 0.481 e. The summed E-state index contributed by atoms with van der Waals surface area (Å²) in [6.45, 7) is 1.94. The molecule has 3 aromatic rings. The molecular weight excluding hydrogens is 431 g/mol. The molecule has 3 aromatic carbocycles. The van der Waals surface area contributed by atoms with Crippen LogP contribution in [0.2, 0.25) is 0 Å². The van der Waals surface area contributed by atoms with Gasteiger partial charge in [-0.15, -0.1) is 0 Å². The lowest BCUT2D eigenvalue weighted by atomic mass is 10.1. The zero-order chi connectivity index (χ0) is 20.2. The first-order valence-electron chi connectivity index (χ1n) is 9.35. The lowest BCUT2D eigenvalue weighted by Gasteiger charge is -2.18. The number of carbonyl (C=O) groups is 1. The second-order valence-electron chi connectivity index (χ2n) is 6.52. The molecule has 0 aliphatic heterocycles. The van der Waals surface area contributed by atoms with Crippen LogP contribution in [-0.2, 0) is 4.79 Å².